The number of hydrogen-bond acceptors (Lipinski definition) is 2. The summed E-state index contributed by atoms with van der Waals surface area (Å²) in [5.74, 6) is -0.103. The van der Waals surface area contributed by atoms with Crippen molar-refractivity contribution >= 4 is 5.97 Å². The molecule has 2 heteroatoms. The summed E-state index contributed by atoms with van der Waals surface area (Å²) in [5, 5.41) is 0. The lowest BCUT2D eigenvalue weighted by Gasteiger charge is -1.97. The largest absolute Gasteiger partial charge is 0.466 e. The molecule has 0 aliphatic heterocycles. The molecule has 0 aliphatic rings. The van der Waals surface area contributed by atoms with Crippen LogP contribution < -0.4 is 0 Å². The summed E-state index contributed by atoms with van der Waals surface area (Å²) < 4.78 is 4.75. The average Bonchev–Trinajstić information content (AvgIpc) is 1.99. The van der Waals surface area contributed by atoms with Gasteiger partial charge in [0.15, 0.2) is 0 Å². The molecule has 0 saturated carbocycles. The number of allylic oxidation sites excluding steroid dienone is 2. The van der Waals surface area contributed by atoms with Crippen molar-refractivity contribution in [1.82, 2.24) is 0 Å². The lowest BCUT2D eigenvalue weighted by atomic mass is 10.3. The van der Waals surface area contributed by atoms with Crippen molar-refractivity contribution in [3.8, 4) is 0 Å². The van der Waals surface area contributed by atoms with Crippen LogP contribution in [0.25, 0.3) is 0 Å². The summed E-state index contributed by atoms with van der Waals surface area (Å²) in [6.45, 7) is 4.37. The second-order valence-electron chi connectivity index (χ2n) is 2.22. The summed E-state index contributed by atoms with van der Waals surface area (Å²) in [4.78, 5) is 10.8. The fourth-order valence-electron chi connectivity index (χ4n) is 0.719. The van der Waals surface area contributed by atoms with E-state index in [2.05, 4.69) is 13.0 Å². The van der Waals surface area contributed by atoms with Crippen molar-refractivity contribution in [1.29, 1.82) is 0 Å². The van der Waals surface area contributed by atoms with Crippen molar-refractivity contribution in [2.45, 2.75) is 33.1 Å². The molecule has 0 rings (SSSR count). The quantitative estimate of drug-likeness (QED) is 0.451. The first-order chi connectivity index (χ1) is 5.31. The summed E-state index contributed by atoms with van der Waals surface area (Å²) in [6.07, 6.45) is 6.40. The fraction of sp³-hybridized carbons (Fsp3) is 0.667. The van der Waals surface area contributed by atoms with Gasteiger partial charge in [-0.2, -0.15) is 0 Å². The van der Waals surface area contributed by atoms with Gasteiger partial charge in [0.05, 0.1) is 6.61 Å². The number of esters is 1. The molecule has 0 amide bonds. The molecule has 0 aromatic rings. The molecule has 0 fully saturated rings. The predicted octanol–water partition coefficient (Wildman–Crippen LogP) is 2.30. The van der Waals surface area contributed by atoms with Crippen molar-refractivity contribution in [3.05, 3.63) is 12.2 Å². The Hall–Kier alpha value is -0.790. The van der Waals surface area contributed by atoms with Crippen LogP contribution in [-0.4, -0.2) is 12.6 Å². The minimum absolute atomic E-state index is 0.103. The van der Waals surface area contributed by atoms with Crippen LogP contribution in [0.1, 0.15) is 33.1 Å². The average molecular weight is 156 g/mol. The van der Waals surface area contributed by atoms with Crippen LogP contribution in [-0.2, 0) is 9.53 Å². The number of ether oxygens (including phenoxy) is 1. The molecule has 0 N–H and O–H groups in total. The Morgan fingerprint density at radius 1 is 1.36 bits per heavy atom. The second-order valence-corrected chi connectivity index (χ2v) is 2.22. The van der Waals surface area contributed by atoms with Gasteiger partial charge in [0.1, 0.15) is 0 Å². The molecule has 0 aromatic heterocycles. The van der Waals surface area contributed by atoms with Crippen molar-refractivity contribution in [3.63, 3.8) is 0 Å². The van der Waals surface area contributed by atoms with E-state index in [9.17, 15) is 4.79 Å². The highest BCUT2D eigenvalue weighted by Gasteiger charge is 1.96. The predicted molar refractivity (Wildman–Crippen MR) is 45.3 cm³/mol. The van der Waals surface area contributed by atoms with E-state index in [1.165, 1.54) is 0 Å². The van der Waals surface area contributed by atoms with E-state index in [1.807, 2.05) is 13.0 Å². The van der Waals surface area contributed by atoms with Gasteiger partial charge in [0.25, 0.3) is 0 Å². The van der Waals surface area contributed by atoms with E-state index >= 15 is 0 Å². The first-order valence-corrected chi connectivity index (χ1v) is 4.11. The Bertz CT molecular complexity index is 128. The summed E-state index contributed by atoms with van der Waals surface area (Å²) in [5.41, 5.74) is 0. The molecule has 64 valence electrons. The monoisotopic (exact) mass is 156 g/mol. The summed E-state index contributed by atoms with van der Waals surface area (Å²) in [7, 11) is 0. The van der Waals surface area contributed by atoms with Gasteiger partial charge in [-0.3, -0.25) is 4.79 Å². The number of carbonyl (C=O) groups excluding carboxylic acids is 1. The van der Waals surface area contributed by atoms with Gasteiger partial charge in [-0.25, -0.2) is 0 Å². The maximum absolute atomic E-state index is 10.8. The highest BCUT2D eigenvalue weighted by atomic mass is 16.5. The van der Waals surface area contributed by atoms with Gasteiger partial charge in [-0.15, -0.1) is 0 Å². The van der Waals surface area contributed by atoms with E-state index in [1.54, 1.807) is 0 Å². The third kappa shape index (κ3) is 7.10. The van der Waals surface area contributed by atoms with E-state index in [0.717, 1.165) is 12.8 Å². The zero-order valence-corrected chi connectivity index (χ0v) is 7.30. The van der Waals surface area contributed by atoms with Crippen molar-refractivity contribution in [2.75, 3.05) is 6.61 Å². The Labute approximate surface area is 68.2 Å². The molecule has 2 nitrogen and oxygen atoms in total. The summed E-state index contributed by atoms with van der Waals surface area (Å²) in [6, 6.07) is 0. The molecular formula is C9H16O2. The maximum atomic E-state index is 10.8. The lowest BCUT2D eigenvalue weighted by Crippen LogP contribution is -2.02. The van der Waals surface area contributed by atoms with Crippen LogP contribution in [0.4, 0.5) is 0 Å². The zero-order valence-electron chi connectivity index (χ0n) is 7.30. The molecule has 11 heavy (non-hydrogen) atoms. The van der Waals surface area contributed by atoms with Gasteiger partial charge < -0.3 is 4.74 Å². The third-order valence-electron chi connectivity index (χ3n) is 1.22. The van der Waals surface area contributed by atoms with E-state index < -0.39 is 0 Å². The first-order valence-electron chi connectivity index (χ1n) is 4.11. The van der Waals surface area contributed by atoms with Gasteiger partial charge >= 0.3 is 5.97 Å². The van der Waals surface area contributed by atoms with Gasteiger partial charge in [0.2, 0.25) is 0 Å². The van der Waals surface area contributed by atoms with Crippen molar-refractivity contribution < 1.29 is 9.53 Å². The molecular weight excluding hydrogens is 140 g/mol. The molecule has 0 aromatic carbocycles. The van der Waals surface area contributed by atoms with Crippen LogP contribution in [0.15, 0.2) is 12.2 Å². The SMILES string of the molecule is CC/C=C/CCC(=O)OCC. The Kier molecular flexibility index (Phi) is 6.79. The molecule has 0 saturated heterocycles. The molecule has 0 unspecified atom stereocenters. The molecule has 0 aliphatic carbocycles. The Balaban J connectivity index is 3.24. The van der Waals surface area contributed by atoms with Gasteiger partial charge in [0, 0.05) is 6.42 Å². The lowest BCUT2D eigenvalue weighted by molar-refractivity contribution is -0.142. The molecule has 0 radical (unpaired) electrons. The maximum Gasteiger partial charge on any atom is 0.306 e. The van der Waals surface area contributed by atoms with Crippen LogP contribution in [0.5, 0.6) is 0 Å². The van der Waals surface area contributed by atoms with E-state index in [-0.39, 0.29) is 5.97 Å². The number of carbonyl (C=O) groups is 1. The number of hydrogen-bond donors (Lipinski definition) is 0. The van der Waals surface area contributed by atoms with E-state index in [0.29, 0.717) is 13.0 Å². The van der Waals surface area contributed by atoms with Crippen LogP contribution in [0.3, 0.4) is 0 Å². The van der Waals surface area contributed by atoms with Crippen LogP contribution in [0, 0.1) is 0 Å². The van der Waals surface area contributed by atoms with Crippen LogP contribution in [0.2, 0.25) is 0 Å². The third-order valence-corrected chi connectivity index (χ3v) is 1.22. The highest BCUT2D eigenvalue weighted by molar-refractivity contribution is 5.69. The highest BCUT2D eigenvalue weighted by Crippen LogP contribution is 1.94. The minimum Gasteiger partial charge on any atom is -0.466 e. The molecule has 0 heterocycles. The van der Waals surface area contributed by atoms with E-state index in [4.69, 9.17) is 4.74 Å². The first kappa shape index (κ1) is 10.2. The molecule has 0 bridgehead atoms. The Morgan fingerprint density at radius 3 is 2.64 bits per heavy atom. The smallest absolute Gasteiger partial charge is 0.306 e. The standard InChI is InChI=1S/C9H16O2/c1-3-5-6-7-8-9(10)11-4-2/h5-6H,3-4,7-8H2,1-2H3/b6-5+. The summed E-state index contributed by atoms with van der Waals surface area (Å²) >= 11 is 0. The Morgan fingerprint density at radius 2 is 2.09 bits per heavy atom. The minimum atomic E-state index is -0.103. The molecule has 0 atom stereocenters. The zero-order chi connectivity index (χ0) is 8.53. The normalized spacial score (nSPS) is 10.4. The fourth-order valence-corrected chi connectivity index (χ4v) is 0.719. The second kappa shape index (κ2) is 7.32. The van der Waals surface area contributed by atoms with Crippen LogP contribution >= 0.6 is 0 Å². The molecule has 0 spiro atoms. The van der Waals surface area contributed by atoms with Crippen molar-refractivity contribution in [2.24, 2.45) is 0 Å². The number of rotatable bonds is 5. The topological polar surface area (TPSA) is 26.3 Å². The van der Waals surface area contributed by atoms with Gasteiger partial charge in [-0.05, 0) is 19.8 Å². The van der Waals surface area contributed by atoms with Gasteiger partial charge in [-0.1, -0.05) is 19.1 Å².